The predicted molar refractivity (Wildman–Crippen MR) is 78.2 cm³/mol. The smallest absolute Gasteiger partial charge is 0.245 e. The average Bonchev–Trinajstić information content (AvgIpc) is 3.21. The SMILES string of the molecule is Cc1c(Cl)nc(C2CC2)nc1N1CCNC(=O)C1(C)C. The maximum absolute atomic E-state index is 12.1. The van der Waals surface area contributed by atoms with E-state index in [-0.39, 0.29) is 5.91 Å². The number of anilines is 1. The van der Waals surface area contributed by atoms with Gasteiger partial charge in [0, 0.05) is 24.6 Å². The molecule has 1 aliphatic heterocycles. The standard InChI is InChI=1S/C14H19ClN4O/c1-8-10(15)17-11(9-4-5-9)18-12(8)19-7-6-16-13(20)14(19,2)3/h9H,4-7H2,1-3H3,(H,16,20). The summed E-state index contributed by atoms with van der Waals surface area (Å²) in [5.74, 6) is 2.07. The summed E-state index contributed by atoms with van der Waals surface area (Å²) in [6.07, 6.45) is 2.26. The number of nitrogens with zero attached hydrogens (tertiary/aromatic N) is 3. The highest BCUT2D eigenvalue weighted by molar-refractivity contribution is 6.30. The van der Waals surface area contributed by atoms with Crippen LogP contribution < -0.4 is 10.2 Å². The van der Waals surface area contributed by atoms with Gasteiger partial charge < -0.3 is 10.2 Å². The van der Waals surface area contributed by atoms with Gasteiger partial charge in [-0.25, -0.2) is 9.97 Å². The van der Waals surface area contributed by atoms with Crippen LogP contribution in [-0.4, -0.2) is 34.5 Å². The highest BCUT2D eigenvalue weighted by Crippen LogP contribution is 2.40. The van der Waals surface area contributed by atoms with Gasteiger partial charge in [0.25, 0.3) is 0 Å². The zero-order chi connectivity index (χ0) is 14.5. The quantitative estimate of drug-likeness (QED) is 0.848. The molecule has 20 heavy (non-hydrogen) atoms. The summed E-state index contributed by atoms with van der Waals surface area (Å²) in [7, 11) is 0. The fraction of sp³-hybridized carbons (Fsp3) is 0.643. The summed E-state index contributed by atoms with van der Waals surface area (Å²) in [4.78, 5) is 23.2. The van der Waals surface area contributed by atoms with E-state index in [1.807, 2.05) is 25.7 Å². The van der Waals surface area contributed by atoms with E-state index < -0.39 is 5.54 Å². The van der Waals surface area contributed by atoms with Crippen LogP contribution in [0, 0.1) is 6.92 Å². The molecule has 1 amide bonds. The van der Waals surface area contributed by atoms with Crippen molar-refractivity contribution >= 4 is 23.3 Å². The van der Waals surface area contributed by atoms with Gasteiger partial charge in [-0.05, 0) is 33.6 Å². The highest BCUT2D eigenvalue weighted by atomic mass is 35.5. The van der Waals surface area contributed by atoms with Gasteiger partial charge in [-0.2, -0.15) is 0 Å². The number of piperazine rings is 1. The fourth-order valence-corrected chi connectivity index (χ4v) is 2.72. The first-order valence-electron chi connectivity index (χ1n) is 7.01. The van der Waals surface area contributed by atoms with Gasteiger partial charge in [-0.3, -0.25) is 4.79 Å². The maximum atomic E-state index is 12.1. The Morgan fingerprint density at radius 1 is 1.35 bits per heavy atom. The van der Waals surface area contributed by atoms with Crippen LogP contribution in [0.5, 0.6) is 0 Å². The van der Waals surface area contributed by atoms with E-state index in [0.717, 1.165) is 36.6 Å². The Bertz CT molecular complexity index is 569. The second kappa shape index (κ2) is 4.58. The number of halogens is 1. The van der Waals surface area contributed by atoms with E-state index in [9.17, 15) is 4.79 Å². The first kappa shape index (κ1) is 13.6. The van der Waals surface area contributed by atoms with Gasteiger partial charge in [0.05, 0.1) is 0 Å². The number of hydrogen-bond acceptors (Lipinski definition) is 4. The van der Waals surface area contributed by atoms with Crippen LogP contribution in [0.3, 0.4) is 0 Å². The van der Waals surface area contributed by atoms with Crippen LogP contribution in [-0.2, 0) is 4.79 Å². The normalized spacial score (nSPS) is 21.8. The number of carbonyl (C=O) groups excluding carboxylic acids is 1. The van der Waals surface area contributed by atoms with Crippen molar-refractivity contribution in [2.24, 2.45) is 0 Å². The minimum atomic E-state index is -0.623. The molecule has 0 atom stereocenters. The van der Waals surface area contributed by atoms with E-state index >= 15 is 0 Å². The molecule has 2 aliphatic rings. The Hall–Kier alpha value is -1.36. The van der Waals surface area contributed by atoms with Crippen LogP contribution in [0.15, 0.2) is 0 Å². The molecule has 0 unspecified atom stereocenters. The molecule has 1 aromatic rings. The van der Waals surface area contributed by atoms with E-state index in [0.29, 0.717) is 17.6 Å². The second-order valence-electron chi connectivity index (χ2n) is 6.06. The predicted octanol–water partition coefficient (Wildman–Crippen LogP) is 2.03. The molecule has 0 spiro atoms. The van der Waals surface area contributed by atoms with Gasteiger partial charge in [0.2, 0.25) is 5.91 Å². The van der Waals surface area contributed by atoms with E-state index in [4.69, 9.17) is 16.6 Å². The molecule has 1 aliphatic carbocycles. The monoisotopic (exact) mass is 294 g/mol. The summed E-state index contributed by atoms with van der Waals surface area (Å²) in [5.41, 5.74) is 0.223. The summed E-state index contributed by atoms with van der Waals surface area (Å²) in [6, 6.07) is 0. The van der Waals surface area contributed by atoms with Crippen LogP contribution >= 0.6 is 11.6 Å². The van der Waals surface area contributed by atoms with Crippen molar-refractivity contribution in [2.45, 2.75) is 45.1 Å². The van der Waals surface area contributed by atoms with E-state index in [1.54, 1.807) is 0 Å². The third-order valence-electron chi connectivity index (χ3n) is 4.13. The lowest BCUT2D eigenvalue weighted by atomic mass is 9.98. The Balaban J connectivity index is 2.06. The number of aromatic nitrogens is 2. The zero-order valence-electron chi connectivity index (χ0n) is 12.0. The molecule has 1 N–H and O–H groups in total. The molecular weight excluding hydrogens is 276 g/mol. The lowest BCUT2D eigenvalue weighted by molar-refractivity contribution is -0.126. The number of carbonyl (C=O) groups is 1. The molecule has 1 saturated heterocycles. The molecule has 0 bridgehead atoms. The number of hydrogen-bond donors (Lipinski definition) is 1. The van der Waals surface area contributed by atoms with Gasteiger partial charge in [0.1, 0.15) is 22.3 Å². The first-order valence-corrected chi connectivity index (χ1v) is 7.39. The average molecular weight is 295 g/mol. The van der Waals surface area contributed by atoms with Crippen LogP contribution in [0.1, 0.15) is 44.0 Å². The summed E-state index contributed by atoms with van der Waals surface area (Å²) in [5, 5.41) is 3.40. The van der Waals surface area contributed by atoms with Crippen molar-refractivity contribution in [3.05, 3.63) is 16.5 Å². The maximum Gasteiger partial charge on any atom is 0.245 e. The van der Waals surface area contributed by atoms with Gasteiger partial charge >= 0.3 is 0 Å². The second-order valence-corrected chi connectivity index (χ2v) is 6.42. The minimum absolute atomic E-state index is 0.0193. The summed E-state index contributed by atoms with van der Waals surface area (Å²) in [6.45, 7) is 7.09. The summed E-state index contributed by atoms with van der Waals surface area (Å²) < 4.78 is 0. The number of amides is 1. The minimum Gasteiger partial charge on any atom is -0.352 e. The Morgan fingerprint density at radius 3 is 2.70 bits per heavy atom. The third-order valence-corrected chi connectivity index (χ3v) is 4.50. The highest BCUT2D eigenvalue weighted by Gasteiger charge is 2.40. The third kappa shape index (κ3) is 2.14. The van der Waals surface area contributed by atoms with E-state index in [1.165, 1.54) is 0 Å². The molecule has 108 valence electrons. The van der Waals surface area contributed by atoms with Crippen LogP contribution in [0.2, 0.25) is 5.15 Å². The molecule has 2 heterocycles. The zero-order valence-corrected chi connectivity index (χ0v) is 12.8. The van der Waals surface area contributed by atoms with Gasteiger partial charge in [-0.1, -0.05) is 11.6 Å². The van der Waals surface area contributed by atoms with Crippen molar-refractivity contribution in [3.63, 3.8) is 0 Å². The molecular formula is C14H19ClN4O. The Kier molecular flexibility index (Phi) is 3.12. The largest absolute Gasteiger partial charge is 0.352 e. The van der Waals surface area contributed by atoms with Crippen molar-refractivity contribution < 1.29 is 4.79 Å². The van der Waals surface area contributed by atoms with Gasteiger partial charge in [-0.15, -0.1) is 0 Å². The van der Waals surface area contributed by atoms with Crippen molar-refractivity contribution in [3.8, 4) is 0 Å². The van der Waals surface area contributed by atoms with Gasteiger partial charge in [0.15, 0.2) is 0 Å². The van der Waals surface area contributed by atoms with Crippen molar-refractivity contribution in [2.75, 3.05) is 18.0 Å². The lowest BCUT2D eigenvalue weighted by Gasteiger charge is -2.42. The molecule has 0 aromatic carbocycles. The van der Waals surface area contributed by atoms with Crippen molar-refractivity contribution in [1.82, 2.24) is 15.3 Å². The molecule has 1 saturated carbocycles. The van der Waals surface area contributed by atoms with E-state index in [2.05, 4.69) is 10.3 Å². The molecule has 1 aromatic heterocycles. The van der Waals surface area contributed by atoms with Crippen molar-refractivity contribution in [1.29, 1.82) is 0 Å². The number of nitrogens with one attached hydrogen (secondary N) is 1. The van der Waals surface area contributed by atoms with Crippen LogP contribution in [0.25, 0.3) is 0 Å². The molecule has 2 fully saturated rings. The molecule has 0 radical (unpaired) electrons. The summed E-state index contributed by atoms with van der Waals surface area (Å²) >= 11 is 6.26. The Labute approximate surface area is 123 Å². The fourth-order valence-electron chi connectivity index (χ4n) is 2.55. The lowest BCUT2D eigenvalue weighted by Crippen LogP contribution is -2.62. The number of rotatable bonds is 2. The topological polar surface area (TPSA) is 58.1 Å². The molecule has 5 nitrogen and oxygen atoms in total. The van der Waals surface area contributed by atoms with Crippen LogP contribution in [0.4, 0.5) is 5.82 Å². The molecule has 6 heteroatoms. The Morgan fingerprint density at radius 2 is 2.05 bits per heavy atom. The molecule has 3 rings (SSSR count). The first-order chi connectivity index (χ1) is 9.41.